The van der Waals surface area contributed by atoms with Crippen molar-refractivity contribution >= 4 is 22.5 Å². The third kappa shape index (κ3) is 2.11. The summed E-state index contributed by atoms with van der Waals surface area (Å²) in [6.45, 7) is 11.4. The summed E-state index contributed by atoms with van der Waals surface area (Å²) in [4.78, 5) is 33.6. The van der Waals surface area contributed by atoms with Crippen LogP contribution in [0.15, 0.2) is 66.0 Å². The molecule has 6 rings (SSSR count). The number of aliphatic hydroxyl groups is 2. The number of allylic oxidation sites excluding steroid dienone is 1. The highest BCUT2D eigenvalue weighted by Crippen LogP contribution is 2.69. The summed E-state index contributed by atoms with van der Waals surface area (Å²) in [5.41, 5.74) is -4.08. The molecular weight excluding hydrogens is 444 g/mol. The Hall–Kier alpha value is -3.49. The van der Waals surface area contributed by atoms with Gasteiger partial charge in [-0.15, -0.1) is 6.58 Å². The van der Waals surface area contributed by atoms with Gasteiger partial charge in [0.25, 0.3) is 5.56 Å². The molecule has 0 spiro atoms. The summed E-state index contributed by atoms with van der Waals surface area (Å²) in [6.07, 6.45) is 0.203. The highest BCUT2D eigenvalue weighted by Gasteiger charge is 2.82. The Bertz CT molecular complexity index is 1510. The highest BCUT2D eigenvalue weighted by molar-refractivity contribution is 5.88. The van der Waals surface area contributed by atoms with Crippen LogP contribution in [-0.4, -0.2) is 42.3 Å². The molecule has 8 nitrogen and oxygen atoms in total. The Balaban J connectivity index is 1.77. The van der Waals surface area contributed by atoms with E-state index in [0.29, 0.717) is 10.9 Å². The van der Waals surface area contributed by atoms with Gasteiger partial charge in [0, 0.05) is 5.69 Å². The van der Waals surface area contributed by atoms with Crippen molar-refractivity contribution in [1.29, 1.82) is 0 Å². The van der Waals surface area contributed by atoms with E-state index in [1.165, 1.54) is 9.47 Å². The fourth-order valence-corrected chi connectivity index (χ4v) is 7.13. The Morgan fingerprint density at radius 2 is 1.80 bits per heavy atom. The number of benzene rings is 2. The van der Waals surface area contributed by atoms with E-state index in [2.05, 4.69) is 16.9 Å². The summed E-state index contributed by atoms with van der Waals surface area (Å²) in [5.74, 6) is -0.530. The predicted octanol–water partition coefficient (Wildman–Crippen LogP) is 2.61. The number of hydrogen-bond donors (Lipinski definition) is 3. The molecule has 5 atom stereocenters. The van der Waals surface area contributed by atoms with E-state index >= 15 is 0 Å². The quantitative estimate of drug-likeness (QED) is 0.495. The van der Waals surface area contributed by atoms with Crippen molar-refractivity contribution in [3.8, 4) is 0 Å². The lowest BCUT2D eigenvalue weighted by Crippen LogP contribution is -2.67. The lowest BCUT2D eigenvalue weighted by Gasteiger charge is -2.51. The molecule has 3 aliphatic rings. The first kappa shape index (κ1) is 22.0. The summed E-state index contributed by atoms with van der Waals surface area (Å²) in [6, 6.07) is 13.4. The van der Waals surface area contributed by atoms with Crippen molar-refractivity contribution in [2.75, 3.05) is 5.32 Å². The normalized spacial score (nSPS) is 33.1. The zero-order chi connectivity index (χ0) is 25.1. The van der Waals surface area contributed by atoms with E-state index in [1.807, 2.05) is 45.0 Å². The molecule has 3 aliphatic heterocycles. The van der Waals surface area contributed by atoms with Gasteiger partial charge in [-0.2, -0.15) is 0 Å². The number of hydrogen-bond acceptors (Lipinski definition) is 6. The van der Waals surface area contributed by atoms with E-state index in [0.717, 1.165) is 11.3 Å². The molecule has 0 aliphatic carbocycles. The molecule has 1 saturated heterocycles. The average molecular weight is 473 g/mol. The van der Waals surface area contributed by atoms with Crippen LogP contribution in [0, 0.1) is 5.41 Å². The van der Waals surface area contributed by atoms with Crippen LogP contribution in [-0.2, 0) is 15.9 Å². The van der Waals surface area contributed by atoms with Crippen LogP contribution < -0.4 is 10.9 Å². The number of aromatic nitrogens is 2. The molecule has 1 unspecified atom stereocenters. The molecule has 0 saturated carbocycles. The molecule has 35 heavy (non-hydrogen) atoms. The molecule has 4 heterocycles. The van der Waals surface area contributed by atoms with Gasteiger partial charge in [-0.1, -0.05) is 50.3 Å². The number of aliphatic hydroxyl groups excluding tert-OH is 1. The fourth-order valence-electron chi connectivity index (χ4n) is 7.13. The number of carbonyl (C=O) groups excluding carboxylic acids is 1. The lowest BCUT2D eigenvalue weighted by atomic mass is 9.55. The third-order valence-electron chi connectivity index (χ3n) is 8.71. The summed E-state index contributed by atoms with van der Waals surface area (Å²) in [7, 11) is 0. The van der Waals surface area contributed by atoms with E-state index in [-0.39, 0.29) is 5.82 Å². The zero-order valence-electron chi connectivity index (χ0n) is 20.1. The number of anilines is 1. The summed E-state index contributed by atoms with van der Waals surface area (Å²) in [5, 5.41) is 28.6. The van der Waals surface area contributed by atoms with Gasteiger partial charge in [0.05, 0.1) is 16.3 Å². The molecule has 1 aromatic heterocycles. The Labute approximate surface area is 202 Å². The van der Waals surface area contributed by atoms with Crippen LogP contribution >= 0.6 is 0 Å². The van der Waals surface area contributed by atoms with Gasteiger partial charge in [-0.05, 0) is 43.0 Å². The maximum Gasteiger partial charge on any atom is 0.262 e. The minimum Gasteiger partial charge on any atom is -0.386 e. The number of nitrogens with zero attached hydrogens (tertiary/aromatic N) is 3. The standard InChI is InChI=1S/C27H28N4O4/c1-6-24(3,4)26-17-12-8-10-14-19(17)29-25(26,5)31-20(32)15(2)30-21(33)16-11-7-9-13-18(16)28-23(30)27(31,35)22(26)34/h6-15,22,29,34-35H,1H2,2-5H3/t15-,22-,25+,26?,27-/m1/s1. The van der Waals surface area contributed by atoms with Gasteiger partial charge >= 0.3 is 0 Å². The second kappa shape index (κ2) is 6.38. The SMILES string of the molecule is C=CC(C)(C)C12c3ccccc3N[C@@]1(C)N1C(=O)[C@@H](C)n3c(nc4ccccc4c3=O)[C@]1(O)[C@@H]2O. The van der Waals surface area contributed by atoms with Crippen LogP contribution in [0.4, 0.5) is 5.69 Å². The first-order valence-corrected chi connectivity index (χ1v) is 11.8. The smallest absolute Gasteiger partial charge is 0.262 e. The van der Waals surface area contributed by atoms with Crippen molar-refractivity contribution in [3.63, 3.8) is 0 Å². The second-order valence-corrected chi connectivity index (χ2v) is 10.6. The van der Waals surface area contributed by atoms with E-state index in [4.69, 9.17) is 0 Å². The van der Waals surface area contributed by atoms with Crippen LogP contribution in [0.5, 0.6) is 0 Å². The van der Waals surface area contributed by atoms with Gasteiger partial charge in [0.2, 0.25) is 11.6 Å². The Morgan fingerprint density at radius 3 is 2.51 bits per heavy atom. The van der Waals surface area contributed by atoms with E-state index in [1.54, 1.807) is 37.3 Å². The van der Waals surface area contributed by atoms with Gasteiger partial charge in [0.15, 0.2) is 5.82 Å². The van der Waals surface area contributed by atoms with Crippen molar-refractivity contribution in [3.05, 3.63) is 82.9 Å². The molecule has 2 aromatic carbocycles. The van der Waals surface area contributed by atoms with Gasteiger partial charge < -0.3 is 15.5 Å². The van der Waals surface area contributed by atoms with Crippen molar-refractivity contribution in [1.82, 2.24) is 14.5 Å². The van der Waals surface area contributed by atoms with E-state index in [9.17, 15) is 19.8 Å². The minimum absolute atomic E-state index is 0.0463. The maximum absolute atomic E-state index is 14.1. The van der Waals surface area contributed by atoms with Crippen LogP contribution in [0.2, 0.25) is 0 Å². The maximum atomic E-state index is 14.1. The average Bonchev–Trinajstić information content (AvgIpc) is 3.19. The molecule has 0 radical (unpaired) electrons. The molecular formula is C27H28N4O4. The minimum atomic E-state index is -2.28. The Morgan fingerprint density at radius 1 is 1.14 bits per heavy atom. The fraction of sp³-hybridized carbons (Fsp3) is 0.370. The number of carbonyl (C=O) groups is 1. The molecule has 1 amide bonds. The highest BCUT2D eigenvalue weighted by atomic mass is 16.4. The van der Waals surface area contributed by atoms with Crippen molar-refractivity contribution in [2.24, 2.45) is 5.41 Å². The largest absolute Gasteiger partial charge is 0.386 e. The Kier molecular flexibility index (Phi) is 4.01. The summed E-state index contributed by atoms with van der Waals surface area (Å²) >= 11 is 0. The first-order chi connectivity index (χ1) is 16.5. The first-order valence-electron chi connectivity index (χ1n) is 11.8. The predicted molar refractivity (Wildman–Crippen MR) is 132 cm³/mol. The number of nitrogens with one attached hydrogen (secondary N) is 1. The number of rotatable bonds is 2. The second-order valence-electron chi connectivity index (χ2n) is 10.6. The summed E-state index contributed by atoms with van der Waals surface area (Å²) < 4.78 is 1.23. The molecule has 3 N–H and O–H groups in total. The molecule has 1 fully saturated rings. The van der Waals surface area contributed by atoms with Crippen molar-refractivity contribution < 1.29 is 15.0 Å². The molecule has 8 heteroatoms. The van der Waals surface area contributed by atoms with Gasteiger partial charge in [0.1, 0.15) is 17.8 Å². The third-order valence-corrected chi connectivity index (χ3v) is 8.71. The van der Waals surface area contributed by atoms with Crippen molar-refractivity contribution in [2.45, 2.75) is 56.6 Å². The van der Waals surface area contributed by atoms with Gasteiger partial charge in [-0.3, -0.25) is 19.1 Å². The van der Waals surface area contributed by atoms with E-state index < -0.39 is 45.8 Å². The van der Waals surface area contributed by atoms with Gasteiger partial charge in [-0.25, -0.2) is 4.98 Å². The zero-order valence-corrected chi connectivity index (χ0v) is 20.1. The monoisotopic (exact) mass is 472 g/mol. The molecule has 0 bridgehead atoms. The number of para-hydroxylation sites is 2. The van der Waals surface area contributed by atoms with Crippen LogP contribution in [0.3, 0.4) is 0 Å². The molecule has 180 valence electrons. The molecule has 3 aromatic rings. The lowest BCUT2D eigenvalue weighted by molar-refractivity contribution is -0.198. The number of amides is 1. The number of fused-ring (bicyclic) bond motifs is 8. The topological polar surface area (TPSA) is 108 Å². The van der Waals surface area contributed by atoms with Crippen LogP contribution in [0.25, 0.3) is 10.9 Å². The van der Waals surface area contributed by atoms with Crippen LogP contribution in [0.1, 0.15) is 45.1 Å².